The van der Waals surface area contributed by atoms with Crippen molar-refractivity contribution >= 4 is 27.6 Å². The fraction of sp³-hybridized carbons (Fsp3) is 0.222. The zero-order valence-electron chi connectivity index (χ0n) is 15.1. The van der Waals surface area contributed by atoms with Crippen LogP contribution in [0.5, 0.6) is 5.75 Å². The van der Waals surface area contributed by atoms with E-state index in [0.29, 0.717) is 11.4 Å². The molecule has 8 nitrogen and oxygen atoms in total. The van der Waals surface area contributed by atoms with Gasteiger partial charge < -0.3 is 15.2 Å². The third-order valence-electron chi connectivity index (χ3n) is 3.85. The molecule has 0 saturated carbocycles. The molecule has 1 atom stereocenters. The van der Waals surface area contributed by atoms with Crippen molar-refractivity contribution < 1.29 is 27.5 Å². The number of rotatable bonds is 7. The first-order valence-electron chi connectivity index (χ1n) is 7.90. The van der Waals surface area contributed by atoms with Crippen molar-refractivity contribution in [3.05, 3.63) is 54.1 Å². The normalized spacial score (nSPS) is 12.1. The molecule has 0 fully saturated rings. The summed E-state index contributed by atoms with van der Waals surface area (Å²) < 4.78 is 36.8. The van der Waals surface area contributed by atoms with Crippen LogP contribution in [-0.2, 0) is 19.6 Å². The van der Waals surface area contributed by atoms with Crippen LogP contribution in [-0.4, -0.2) is 40.6 Å². The highest BCUT2D eigenvalue weighted by Gasteiger charge is 2.23. The Morgan fingerprint density at radius 1 is 1.11 bits per heavy atom. The highest BCUT2D eigenvalue weighted by Crippen LogP contribution is 2.25. The Kier molecular flexibility index (Phi) is 6.06. The van der Waals surface area contributed by atoms with Crippen LogP contribution in [0, 0.1) is 0 Å². The maximum absolute atomic E-state index is 12.9. The molecule has 27 heavy (non-hydrogen) atoms. The minimum Gasteiger partial charge on any atom is -0.497 e. The number of ether oxygens (including phenoxy) is 2. The average Bonchev–Trinajstić information content (AvgIpc) is 2.67. The van der Waals surface area contributed by atoms with E-state index in [0.717, 1.165) is 4.31 Å². The Bertz CT molecular complexity index is 941. The largest absolute Gasteiger partial charge is 0.497 e. The molecule has 0 aliphatic rings. The van der Waals surface area contributed by atoms with E-state index in [2.05, 4.69) is 0 Å². The van der Waals surface area contributed by atoms with Crippen LogP contribution in [0.2, 0.25) is 0 Å². The SMILES string of the molecule is COc1ccc(N(C)S(=O)(=O)c2cccc(C(=O)O[C@H](C)C(N)=O)c2)cc1. The number of hydrogen-bond acceptors (Lipinski definition) is 6. The van der Waals surface area contributed by atoms with Crippen molar-refractivity contribution in [2.24, 2.45) is 5.73 Å². The van der Waals surface area contributed by atoms with Gasteiger partial charge in [0.1, 0.15) is 5.75 Å². The number of amides is 1. The van der Waals surface area contributed by atoms with E-state index in [1.165, 1.54) is 45.3 Å². The van der Waals surface area contributed by atoms with Gasteiger partial charge in [0.2, 0.25) is 0 Å². The van der Waals surface area contributed by atoms with Crippen LogP contribution in [0.15, 0.2) is 53.4 Å². The van der Waals surface area contributed by atoms with Crippen molar-refractivity contribution in [3.8, 4) is 5.75 Å². The lowest BCUT2D eigenvalue weighted by molar-refractivity contribution is -0.125. The number of primary amides is 1. The van der Waals surface area contributed by atoms with Crippen molar-refractivity contribution in [1.82, 2.24) is 0 Å². The fourth-order valence-electron chi connectivity index (χ4n) is 2.16. The first-order chi connectivity index (χ1) is 12.7. The molecule has 2 aromatic carbocycles. The summed E-state index contributed by atoms with van der Waals surface area (Å²) in [5, 5.41) is 0. The van der Waals surface area contributed by atoms with Gasteiger partial charge in [0.05, 0.1) is 23.3 Å². The summed E-state index contributed by atoms with van der Waals surface area (Å²) in [5.74, 6) is -1.05. The zero-order chi connectivity index (χ0) is 20.2. The van der Waals surface area contributed by atoms with Gasteiger partial charge in [0.15, 0.2) is 6.10 Å². The number of benzene rings is 2. The lowest BCUT2D eigenvalue weighted by atomic mass is 10.2. The predicted molar refractivity (Wildman–Crippen MR) is 99.1 cm³/mol. The monoisotopic (exact) mass is 392 g/mol. The number of nitrogens with two attached hydrogens (primary N) is 1. The van der Waals surface area contributed by atoms with Crippen LogP contribution >= 0.6 is 0 Å². The quantitative estimate of drug-likeness (QED) is 0.715. The van der Waals surface area contributed by atoms with Crippen molar-refractivity contribution in [2.75, 3.05) is 18.5 Å². The van der Waals surface area contributed by atoms with Gasteiger partial charge in [-0.2, -0.15) is 0 Å². The van der Waals surface area contributed by atoms with Gasteiger partial charge in [0.25, 0.3) is 15.9 Å². The molecular weight excluding hydrogens is 372 g/mol. The summed E-state index contributed by atoms with van der Waals surface area (Å²) in [6.07, 6.45) is -1.13. The van der Waals surface area contributed by atoms with E-state index in [1.54, 1.807) is 24.3 Å². The molecule has 9 heteroatoms. The summed E-state index contributed by atoms with van der Waals surface area (Å²) in [6.45, 7) is 1.33. The molecule has 0 bridgehead atoms. The molecule has 1 amide bonds. The molecule has 2 N–H and O–H groups in total. The maximum atomic E-state index is 12.9. The third kappa shape index (κ3) is 4.56. The molecule has 0 aliphatic heterocycles. The van der Waals surface area contributed by atoms with Crippen LogP contribution in [0.3, 0.4) is 0 Å². The van der Waals surface area contributed by atoms with E-state index in [1.807, 2.05) is 0 Å². The van der Waals surface area contributed by atoms with Gasteiger partial charge in [-0.15, -0.1) is 0 Å². The Balaban J connectivity index is 2.30. The first-order valence-corrected chi connectivity index (χ1v) is 9.34. The van der Waals surface area contributed by atoms with Gasteiger partial charge >= 0.3 is 5.97 Å². The lowest BCUT2D eigenvalue weighted by Gasteiger charge is -2.20. The zero-order valence-corrected chi connectivity index (χ0v) is 15.9. The van der Waals surface area contributed by atoms with Gasteiger partial charge in [-0.3, -0.25) is 9.10 Å². The number of carbonyl (C=O) groups is 2. The topological polar surface area (TPSA) is 116 Å². The number of esters is 1. The summed E-state index contributed by atoms with van der Waals surface area (Å²) in [6, 6.07) is 11.8. The number of hydrogen-bond donors (Lipinski definition) is 1. The van der Waals surface area contributed by atoms with Crippen LogP contribution in [0.1, 0.15) is 17.3 Å². The minimum atomic E-state index is -3.92. The number of nitrogens with zero attached hydrogens (tertiary/aromatic N) is 1. The average molecular weight is 392 g/mol. The van der Waals surface area contributed by atoms with Gasteiger partial charge in [0, 0.05) is 7.05 Å². The summed E-state index contributed by atoms with van der Waals surface area (Å²) >= 11 is 0. The number of anilines is 1. The van der Waals surface area contributed by atoms with Crippen molar-refractivity contribution in [1.29, 1.82) is 0 Å². The second-order valence-corrected chi connectivity index (χ2v) is 7.62. The summed E-state index contributed by atoms with van der Waals surface area (Å²) in [7, 11) is -1.01. The highest BCUT2D eigenvalue weighted by atomic mass is 32.2. The Morgan fingerprint density at radius 2 is 1.74 bits per heavy atom. The van der Waals surface area contributed by atoms with Gasteiger partial charge in [-0.25, -0.2) is 13.2 Å². The lowest BCUT2D eigenvalue weighted by Crippen LogP contribution is -2.30. The van der Waals surface area contributed by atoms with Gasteiger partial charge in [-0.05, 0) is 49.4 Å². The number of sulfonamides is 1. The molecule has 0 radical (unpaired) electrons. The van der Waals surface area contributed by atoms with Crippen LogP contribution in [0.4, 0.5) is 5.69 Å². The summed E-state index contributed by atoms with van der Waals surface area (Å²) in [4.78, 5) is 23.0. The maximum Gasteiger partial charge on any atom is 0.338 e. The van der Waals surface area contributed by atoms with E-state index in [-0.39, 0.29) is 10.5 Å². The van der Waals surface area contributed by atoms with Gasteiger partial charge in [-0.1, -0.05) is 6.07 Å². The smallest absolute Gasteiger partial charge is 0.338 e. The predicted octanol–water partition coefficient (Wildman–Crippen LogP) is 1.55. The first kappa shape index (κ1) is 20.2. The van der Waals surface area contributed by atoms with E-state index >= 15 is 0 Å². The highest BCUT2D eigenvalue weighted by molar-refractivity contribution is 7.92. The van der Waals surface area contributed by atoms with E-state index in [4.69, 9.17) is 15.2 Å². The Labute approximate surface area is 157 Å². The number of carbonyl (C=O) groups excluding carboxylic acids is 2. The van der Waals surface area contributed by atoms with Crippen LogP contribution in [0.25, 0.3) is 0 Å². The third-order valence-corrected chi connectivity index (χ3v) is 5.63. The molecule has 2 rings (SSSR count). The standard InChI is InChI=1S/C18H20N2O6S/c1-12(17(19)21)26-18(22)13-5-4-6-16(11-13)27(23,24)20(2)14-7-9-15(25-3)10-8-14/h4-12H,1-3H3,(H2,19,21)/t12-/m1/s1. The molecule has 144 valence electrons. The second-order valence-electron chi connectivity index (χ2n) is 5.65. The van der Waals surface area contributed by atoms with E-state index < -0.39 is 28.0 Å². The molecule has 2 aromatic rings. The molecule has 0 aliphatic carbocycles. The summed E-state index contributed by atoms with van der Waals surface area (Å²) in [5.41, 5.74) is 5.47. The number of methoxy groups -OCH3 is 1. The Hall–Kier alpha value is -3.07. The molecule has 0 heterocycles. The van der Waals surface area contributed by atoms with Crippen molar-refractivity contribution in [3.63, 3.8) is 0 Å². The molecule has 0 spiro atoms. The molecule has 0 aromatic heterocycles. The molecule has 0 saturated heterocycles. The molecular formula is C18H20N2O6S. The fourth-order valence-corrected chi connectivity index (χ4v) is 3.40. The molecule has 0 unspecified atom stereocenters. The van der Waals surface area contributed by atoms with Crippen LogP contribution < -0.4 is 14.8 Å². The Morgan fingerprint density at radius 3 is 2.30 bits per heavy atom. The van der Waals surface area contributed by atoms with E-state index in [9.17, 15) is 18.0 Å². The van der Waals surface area contributed by atoms with Crippen molar-refractivity contribution in [2.45, 2.75) is 17.9 Å². The second kappa shape index (κ2) is 8.09. The minimum absolute atomic E-state index is 0.00712.